The van der Waals surface area contributed by atoms with E-state index in [-0.39, 0.29) is 24.2 Å². The lowest BCUT2D eigenvalue weighted by atomic mass is 10.0. The molecule has 2 amide bonds. The van der Waals surface area contributed by atoms with Gasteiger partial charge in [0.25, 0.3) is 5.91 Å². The minimum absolute atomic E-state index is 0.0679. The number of carbonyl (C=O) groups excluding carboxylic acids is 2. The van der Waals surface area contributed by atoms with Crippen LogP contribution in [-0.2, 0) is 27.1 Å². The van der Waals surface area contributed by atoms with Crippen molar-refractivity contribution in [3.63, 3.8) is 0 Å². The predicted octanol–water partition coefficient (Wildman–Crippen LogP) is 2.81. The minimum Gasteiger partial charge on any atom is -0.344 e. The molecule has 158 valence electrons. The van der Waals surface area contributed by atoms with E-state index < -0.39 is 24.0 Å². The molecule has 0 spiro atoms. The third kappa shape index (κ3) is 5.76. The van der Waals surface area contributed by atoms with Gasteiger partial charge in [-0.1, -0.05) is 43.3 Å². The number of hydroxylamine groups is 2. The van der Waals surface area contributed by atoms with Crippen LogP contribution in [0, 0.1) is 5.92 Å². The van der Waals surface area contributed by atoms with Crippen molar-refractivity contribution in [3.05, 3.63) is 35.7 Å². The number of benzene rings is 1. The second-order valence-corrected chi connectivity index (χ2v) is 6.60. The number of halogens is 3. The number of amides is 2. The highest BCUT2D eigenvalue weighted by molar-refractivity contribution is 5.86. The molecule has 1 N–H and O–H groups in total. The topological polar surface area (TPSA) is 97.6 Å². The SMILES string of the molecule is CON(Cc1ccc(-c2noc(C(F)(F)F)n2)cc1)C(=O)C(NC(C)=O)C(C)C. The Labute approximate surface area is 165 Å². The van der Waals surface area contributed by atoms with Crippen LogP contribution in [0.15, 0.2) is 28.8 Å². The molecule has 8 nitrogen and oxygen atoms in total. The van der Waals surface area contributed by atoms with Gasteiger partial charge in [-0.25, -0.2) is 5.06 Å². The smallest absolute Gasteiger partial charge is 0.344 e. The largest absolute Gasteiger partial charge is 0.471 e. The number of aromatic nitrogens is 2. The number of hydrogen-bond donors (Lipinski definition) is 1. The highest BCUT2D eigenvalue weighted by Gasteiger charge is 2.38. The summed E-state index contributed by atoms with van der Waals surface area (Å²) in [6.45, 7) is 4.97. The van der Waals surface area contributed by atoms with Crippen molar-refractivity contribution in [1.82, 2.24) is 20.5 Å². The van der Waals surface area contributed by atoms with Gasteiger partial charge < -0.3 is 9.84 Å². The molecule has 0 saturated carbocycles. The number of nitrogens with zero attached hydrogens (tertiary/aromatic N) is 3. The Morgan fingerprint density at radius 1 is 1.24 bits per heavy atom. The van der Waals surface area contributed by atoms with Gasteiger partial charge in [0.05, 0.1) is 13.7 Å². The van der Waals surface area contributed by atoms with Crippen LogP contribution < -0.4 is 5.32 Å². The quantitative estimate of drug-likeness (QED) is 0.700. The van der Waals surface area contributed by atoms with Gasteiger partial charge in [0.15, 0.2) is 0 Å². The lowest BCUT2D eigenvalue weighted by molar-refractivity contribution is -0.183. The molecule has 1 aromatic heterocycles. The van der Waals surface area contributed by atoms with Gasteiger partial charge in [-0.05, 0) is 11.5 Å². The second-order valence-electron chi connectivity index (χ2n) is 6.60. The van der Waals surface area contributed by atoms with Crippen molar-refractivity contribution in [2.75, 3.05) is 7.11 Å². The van der Waals surface area contributed by atoms with Crippen LogP contribution in [0.4, 0.5) is 13.2 Å². The maximum Gasteiger partial charge on any atom is 0.471 e. The lowest BCUT2D eigenvalue weighted by Crippen LogP contribution is -2.50. The van der Waals surface area contributed by atoms with Crippen molar-refractivity contribution in [1.29, 1.82) is 0 Å². The highest BCUT2D eigenvalue weighted by Crippen LogP contribution is 2.29. The van der Waals surface area contributed by atoms with Gasteiger partial charge in [0.1, 0.15) is 6.04 Å². The number of hydrogen-bond acceptors (Lipinski definition) is 6. The predicted molar refractivity (Wildman–Crippen MR) is 94.7 cm³/mol. The first kappa shape index (κ1) is 22.3. The Balaban J connectivity index is 2.13. The summed E-state index contributed by atoms with van der Waals surface area (Å²) in [7, 11) is 1.33. The summed E-state index contributed by atoms with van der Waals surface area (Å²) in [6.07, 6.45) is -4.72. The molecule has 1 aromatic carbocycles. The van der Waals surface area contributed by atoms with E-state index in [9.17, 15) is 22.8 Å². The monoisotopic (exact) mass is 414 g/mol. The third-order valence-corrected chi connectivity index (χ3v) is 3.96. The summed E-state index contributed by atoms with van der Waals surface area (Å²) in [5.41, 5.74) is 0.968. The third-order valence-electron chi connectivity index (χ3n) is 3.96. The first-order valence-electron chi connectivity index (χ1n) is 8.65. The Bertz CT molecular complexity index is 850. The van der Waals surface area contributed by atoms with Crippen molar-refractivity contribution >= 4 is 11.8 Å². The van der Waals surface area contributed by atoms with Gasteiger partial charge in [0, 0.05) is 12.5 Å². The van der Waals surface area contributed by atoms with Crippen molar-refractivity contribution in [3.8, 4) is 11.4 Å². The average Bonchev–Trinajstić information content (AvgIpc) is 3.14. The molecule has 29 heavy (non-hydrogen) atoms. The van der Waals surface area contributed by atoms with Crippen LogP contribution in [0.1, 0.15) is 32.2 Å². The van der Waals surface area contributed by atoms with Crippen molar-refractivity contribution < 1.29 is 32.1 Å². The van der Waals surface area contributed by atoms with Crippen molar-refractivity contribution in [2.24, 2.45) is 5.92 Å². The molecule has 0 fully saturated rings. The molecular weight excluding hydrogens is 393 g/mol. The summed E-state index contributed by atoms with van der Waals surface area (Å²) in [5, 5.41) is 7.02. The van der Waals surface area contributed by atoms with Gasteiger partial charge in [-0.15, -0.1) is 0 Å². The molecule has 0 radical (unpaired) electrons. The molecule has 11 heteroatoms. The molecule has 2 aromatic rings. The molecule has 0 aliphatic carbocycles. The van der Waals surface area contributed by atoms with E-state index in [1.54, 1.807) is 26.0 Å². The molecule has 2 rings (SSSR count). The molecule has 0 saturated heterocycles. The summed E-state index contributed by atoms with van der Waals surface area (Å²) in [4.78, 5) is 32.5. The zero-order valence-electron chi connectivity index (χ0n) is 16.3. The minimum atomic E-state index is -4.72. The number of carbonyl (C=O) groups is 2. The fourth-order valence-corrected chi connectivity index (χ4v) is 2.50. The lowest BCUT2D eigenvalue weighted by Gasteiger charge is -2.27. The zero-order chi connectivity index (χ0) is 21.8. The number of rotatable bonds is 7. The van der Waals surface area contributed by atoms with Crippen LogP contribution in [0.3, 0.4) is 0 Å². The molecule has 0 aliphatic rings. The molecule has 1 unspecified atom stereocenters. The van der Waals surface area contributed by atoms with E-state index in [2.05, 4.69) is 20.0 Å². The van der Waals surface area contributed by atoms with Gasteiger partial charge >= 0.3 is 12.1 Å². The van der Waals surface area contributed by atoms with E-state index in [0.717, 1.165) is 5.06 Å². The highest BCUT2D eigenvalue weighted by atomic mass is 19.4. The van der Waals surface area contributed by atoms with Crippen molar-refractivity contribution in [2.45, 2.75) is 39.5 Å². The molecule has 1 heterocycles. The number of nitrogens with one attached hydrogen (secondary N) is 1. The number of alkyl halides is 3. The van der Waals surface area contributed by atoms with Gasteiger partial charge in [-0.2, -0.15) is 18.2 Å². The van der Waals surface area contributed by atoms with Crippen LogP contribution in [0.5, 0.6) is 0 Å². The zero-order valence-corrected chi connectivity index (χ0v) is 16.3. The van der Waals surface area contributed by atoms with Gasteiger partial charge in [0.2, 0.25) is 11.7 Å². The van der Waals surface area contributed by atoms with Crippen LogP contribution in [-0.4, -0.2) is 40.2 Å². The Morgan fingerprint density at radius 3 is 2.31 bits per heavy atom. The standard InChI is InChI=1S/C18H21F3N4O4/c1-10(2)14(22-11(3)26)16(27)25(28-4)9-12-5-7-13(8-6-12)15-23-17(29-24-15)18(19,20)21/h5-8,10,14H,9H2,1-4H3,(H,22,26). The summed E-state index contributed by atoms with van der Waals surface area (Å²) >= 11 is 0. The molecule has 0 aliphatic heterocycles. The summed E-state index contributed by atoms with van der Waals surface area (Å²) in [5.74, 6) is -2.54. The van der Waals surface area contributed by atoms with E-state index in [4.69, 9.17) is 4.84 Å². The average molecular weight is 414 g/mol. The second kappa shape index (κ2) is 9.03. The van der Waals surface area contributed by atoms with E-state index in [1.165, 1.54) is 26.2 Å². The Kier molecular flexibility index (Phi) is 6.96. The maximum atomic E-state index is 12.7. The normalized spacial score (nSPS) is 12.7. The van der Waals surface area contributed by atoms with Crippen LogP contribution in [0.25, 0.3) is 11.4 Å². The van der Waals surface area contributed by atoms with Crippen LogP contribution >= 0.6 is 0 Å². The van der Waals surface area contributed by atoms with Crippen LogP contribution in [0.2, 0.25) is 0 Å². The molecule has 0 bridgehead atoms. The van der Waals surface area contributed by atoms with Gasteiger partial charge in [-0.3, -0.25) is 14.4 Å². The first-order valence-corrected chi connectivity index (χ1v) is 8.65. The fraction of sp³-hybridized carbons (Fsp3) is 0.444. The van der Waals surface area contributed by atoms with E-state index >= 15 is 0 Å². The first-order chi connectivity index (χ1) is 13.5. The van der Waals surface area contributed by atoms with E-state index in [0.29, 0.717) is 11.1 Å². The summed E-state index contributed by atoms with van der Waals surface area (Å²) in [6, 6.07) is 5.45. The molecular formula is C18H21F3N4O4. The van der Waals surface area contributed by atoms with E-state index in [1.807, 2.05) is 0 Å². The maximum absolute atomic E-state index is 12.7. The molecule has 1 atom stereocenters. The Hall–Kier alpha value is -2.95. The summed E-state index contributed by atoms with van der Waals surface area (Å²) < 4.78 is 41.9. The fourth-order valence-electron chi connectivity index (χ4n) is 2.50. The Morgan fingerprint density at radius 2 is 1.86 bits per heavy atom.